The van der Waals surface area contributed by atoms with E-state index >= 15 is 0 Å². The number of alkyl halides is 1. The summed E-state index contributed by atoms with van der Waals surface area (Å²) in [6, 6.07) is 5.86. The molecule has 0 saturated carbocycles. The molecule has 0 bridgehead atoms. The Bertz CT molecular complexity index is 488. The van der Waals surface area contributed by atoms with Gasteiger partial charge in [-0.25, -0.2) is 0 Å². The molecular formula is C13H13IO4. The van der Waals surface area contributed by atoms with Gasteiger partial charge in [0.25, 0.3) is 0 Å². The highest BCUT2D eigenvalue weighted by Crippen LogP contribution is 2.41. The number of hydrogen-bond donors (Lipinski definition) is 0. The van der Waals surface area contributed by atoms with Crippen LogP contribution in [0.1, 0.15) is 18.4 Å². The summed E-state index contributed by atoms with van der Waals surface area (Å²) in [5, 5.41) is 0. The molecule has 1 fully saturated rings. The number of esters is 1. The molecule has 1 aromatic rings. The van der Waals surface area contributed by atoms with Gasteiger partial charge in [0.2, 0.25) is 6.79 Å². The molecule has 0 spiro atoms. The van der Waals surface area contributed by atoms with Crippen LogP contribution in [0.2, 0.25) is 0 Å². The molecule has 5 heteroatoms. The monoisotopic (exact) mass is 360 g/mol. The molecule has 0 aromatic heterocycles. The molecule has 0 N–H and O–H groups in total. The second-order valence-electron chi connectivity index (χ2n) is 4.56. The Balaban J connectivity index is 1.96. The van der Waals surface area contributed by atoms with E-state index < -0.39 is 0 Å². The van der Waals surface area contributed by atoms with E-state index in [1.54, 1.807) is 0 Å². The quantitative estimate of drug-likeness (QED) is 0.462. The maximum Gasteiger partial charge on any atom is 0.309 e. The van der Waals surface area contributed by atoms with Crippen LogP contribution in [0.15, 0.2) is 18.2 Å². The number of halogens is 1. The van der Waals surface area contributed by atoms with Crippen LogP contribution in [-0.2, 0) is 9.53 Å². The number of fused-ring (bicyclic) bond motifs is 1. The summed E-state index contributed by atoms with van der Waals surface area (Å²) in [7, 11) is 0. The Hall–Kier alpha value is -0.980. The molecule has 96 valence electrons. The summed E-state index contributed by atoms with van der Waals surface area (Å²) < 4.78 is 16.9. The number of cyclic esters (lactones) is 1. The van der Waals surface area contributed by atoms with Crippen LogP contribution in [0, 0.1) is 5.92 Å². The van der Waals surface area contributed by atoms with Gasteiger partial charge in [-0.2, -0.15) is 0 Å². The van der Waals surface area contributed by atoms with Crippen molar-refractivity contribution >= 4 is 28.6 Å². The lowest BCUT2D eigenvalue weighted by atomic mass is 9.86. The lowest BCUT2D eigenvalue weighted by Crippen LogP contribution is -2.18. The van der Waals surface area contributed by atoms with E-state index in [0.29, 0.717) is 0 Å². The molecule has 0 radical (unpaired) electrons. The molecule has 18 heavy (non-hydrogen) atoms. The van der Waals surface area contributed by atoms with Crippen molar-refractivity contribution in [3.63, 3.8) is 0 Å². The van der Waals surface area contributed by atoms with E-state index in [4.69, 9.17) is 14.2 Å². The fourth-order valence-corrected chi connectivity index (χ4v) is 3.28. The van der Waals surface area contributed by atoms with Gasteiger partial charge in [-0.1, -0.05) is 35.6 Å². The van der Waals surface area contributed by atoms with Crippen molar-refractivity contribution in [3.8, 4) is 11.5 Å². The van der Waals surface area contributed by atoms with Crippen molar-refractivity contribution in [1.29, 1.82) is 0 Å². The molecule has 3 atom stereocenters. The Labute approximate surface area is 119 Å². The van der Waals surface area contributed by atoms with E-state index in [1.165, 1.54) is 0 Å². The normalized spacial score (nSPS) is 29.4. The third kappa shape index (κ3) is 1.84. The maximum atomic E-state index is 11.7. The highest BCUT2D eigenvalue weighted by atomic mass is 127. The second kappa shape index (κ2) is 4.60. The van der Waals surface area contributed by atoms with E-state index in [2.05, 4.69) is 22.6 Å². The van der Waals surface area contributed by atoms with Crippen LogP contribution in [-0.4, -0.2) is 23.3 Å². The van der Waals surface area contributed by atoms with E-state index in [9.17, 15) is 4.79 Å². The second-order valence-corrected chi connectivity index (χ2v) is 5.44. The highest BCUT2D eigenvalue weighted by Gasteiger charge is 2.42. The Morgan fingerprint density at radius 2 is 2.11 bits per heavy atom. The van der Waals surface area contributed by atoms with Crippen LogP contribution >= 0.6 is 22.6 Å². The van der Waals surface area contributed by atoms with Gasteiger partial charge in [-0.05, 0) is 17.7 Å². The van der Waals surface area contributed by atoms with E-state index in [1.807, 2.05) is 25.1 Å². The molecule has 1 saturated heterocycles. The first-order valence-corrected chi connectivity index (χ1v) is 7.39. The van der Waals surface area contributed by atoms with Gasteiger partial charge in [-0.3, -0.25) is 4.79 Å². The molecule has 2 aliphatic rings. The predicted molar refractivity (Wildman–Crippen MR) is 73.2 cm³/mol. The van der Waals surface area contributed by atoms with Gasteiger partial charge in [0, 0.05) is 10.3 Å². The number of ether oxygens (including phenoxy) is 3. The average molecular weight is 360 g/mol. The van der Waals surface area contributed by atoms with Crippen molar-refractivity contribution in [1.82, 2.24) is 0 Å². The van der Waals surface area contributed by atoms with E-state index in [-0.39, 0.29) is 30.7 Å². The van der Waals surface area contributed by atoms with Crippen LogP contribution < -0.4 is 9.47 Å². The number of benzene rings is 1. The van der Waals surface area contributed by atoms with Gasteiger partial charge in [-0.15, -0.1) is 0 Å². The number of carbonyl (C=O) groups excluding carboxylic acids is 1. The molecular weight excluding hydrogens is 347 g/mol. The number of carbonyl (C=O) groups is 1. The summed E-state index contributed by atoms with van der Waals surface area (Å²) in [6.07, 6.45) is -0.0477. The minimum Gasteiger partial charge on any atom is -0.461 e. The Morgan fingerprint density at radius 3 is 2.89 bits per heavy atom. The summed E-state index contributed by atoms with van der Waals surface area (Å²) in [4.78, 5) is 11.7. The van der Waals surface area contributed by atoms with E-state index in [0.717, 1.165) is 21.5 Å². The first kappa shape index (κ1) is 12.1. The first-order chi connectivity index (χ1) is 8.70. The molecule has 0 unspecified atom stereocenters. The Morgan fingerprint density at radius 1 is 1.33 bits per heavy atom. The zero-order valence-electron chi connectivity index (χ0n) is 9.89. The number of rotatable bonds is 2. The third-order valence-electron chi connectivity index (χ3n) is 3.51. The highest BCUT2D eigenvalue weighted by molar-refractivity contribution is 14.1. The standard InChI is InChI=1S/C13H13IO4/c1-7-12(11(5-14)18-13(7)15)8-2-3-9-10(4-8)17-6-16-9/h2-4,7,11-12H,5-6H2,1H3/t7-,11+,12+/m0/s1. The van der Waals surface area contributed by atoms with Gasteiger partial charge in [0.05, 0.1) is 5.92 Å². The van der Waals surface area contributed by atoms with Crippen molar-refractivity contribution in [2.45, 2.75) is 18.9 Å². The van der Waals surface area contributed by atoms with Gasteiger partial charge < -0.3 is 14.2 Å². The fourth-order valence-electron chi connectivity index (χ4n) is 2.55. The molecule has 0 amide bonds. The van der Waals surface area contributed by atoms with Crippen molar-refractivity contribution in [2.24, 2.45) is 5.92 Å². The lowest BCUT2D eigenvalue weighted by molar-refractivity contribution is -0.143. The fraction of sp³-hybridized carbons (Fsp3) is 0.462. The van der Waals surface area contributed by atoms with Crippen LogP contribution in [0.25, 0.3) is 0 Å². The SMILES string of the molecule is C[C@@H]1C(=O)O[C@H](CI)[C@H]1c1ccc2c(c1)OCO2. The Kier molecular flexibility index (Phi) is 3.09. The number of hydrogen-bond acceptors (Lipinski definition) is 4. The zero-order chi connectivity index (χ0) is 12.7. The molecule has 1 aromatic carbocycles. The zero-order valence-corrected chi connectivity index (χ0v) is 12.0. The summed E-state index contributed by atoms with van der Waals surface area (Å²) in [6.45, 7) is 2.19. The average Bonchev–Trinajstić information content (AvgIpc) is 2.94. The summed E-state index contributed by atoms with van der Waals surface area (Å²) in [5.74, 6) is 1.40. The minimum atomic E-state index is -0.112. The van der Waals surface area contributed by atoms with Gasteiger partial charge in [0.1, 0.15) is 6.10 Å². The van der Waals surface area contributed by atoms with Gasteiger partial charge in [0.15, 0.2) is 11.5 Å². The van der Waals surface area contributed by atoms with Crippen LogP contribution in [0.5, 0.6) is 11.5 Å². The first-order valence-electron chi connectivity index (χ1n) is 5.86. The molecule has 4 nitrogen and oxygen atoms in total. The lowest BCUT2D eigenvalue weighted by Gasteiger charge is -2.18. The molecule has 0 aliphatic carbocycles. The maximum absolute atomic E-state index is 11.7. The molecule has 2 heterocycles. The minimum absolute atomic E-state index is 0.0477. The van der Waals surface area contributed by atoms with Crippen molar-refractivity contribution in [3.05, 3.63) is 23.8 Å². The van der Waals surface area contributed by atoms with Crippen molar-refractivity contribution in [2.75, 3.05) is 11.2 Å². The van der Waals surface area contributed by atoms with Crippen LogP contribution in [0.4, 0.5) is 0 Å². The predicted octanol–water partition coefficient (Wildman–Crippen LogP) is 2.50. The molecule has 2 aliphatic heterocycles. The topological polar surface area (TPSA) is 44.8 Å². The summed E-state index contributed by atoms with van der Waals surface area (Å²) in [5.41, 5.74) is 1.08. The largest absolute Gasteiger partial charge is 0.461 e. The van der Waals surface area contributed by atoms with Crippen molar-refractivity contribution < 1.29 is 19.0 Å². The molecule has 3 rings (SSSR count). The summed E-state index contributed by atoms with van der Waals surface area (Å²) >= 11 is 2.26. The van der Waals surface area contributed by atoms with Gasteiger partial charge >= 0.3 is 5.97 Å². The smallest absolute Gasteiger partial charge is 0.309 e. The van der Waals surface area contributed by atoms with Crippen LogP contribution in [0.3, 0.4) is 0 Å². The third-order valence-corrected chi connectivity index (χ3v) is 4.38.